The lowest BCUT2D eigenvalue weighted by Gasteiger charge is -2.35. The van der Waals surface area contributed by atoms with Crippen LogP contribution in [0.5, 0.6) is 0 Å². The predicted octanol–water partition coefficient (Wildman–Crippen LogP) is 2.72. The van der Waals surface area contributed by atoms with Gasteiger partial charge in [-0.15, -0.1) is 0 Å². The van der Waals surface area contributed by atoms with E-state index >= 15 is 0 Å². The first-order valence-corrected chi connectivity index (χ1v) is 10.7. The van der Waals surface area contributed by atoms with Crippen molar-refractivity contribution in [2.24, 2.45) is 5.92 Å². The number of carbonyl (C=O) groups excluding carboxylic acids is 1. The minimum absolute atomic E-state index is 0.0244. The highest BCUT2D eigenvalue weighted by atomic mass is 32.2. The standard InChI is InChI=1S/C19H28N2O3S/c1-15-6-7-18(16(2)14-15)25(23,24)21-12-8-17(9-13-21)19(22)20-10-4-3-5-11-20/h6-7,14,17H,3-5,8-13H2,1-2H3. The summed E-state index contributed by atoms with van der Waals surface area (Å²) in [5.74, 6) is 0.201. The second-order valence-corrected chi connectivity index (χ2v) is 9.24. The number of likely N-dealkylation sites (tertiary alicyclic amines) is 1. The Kier molecular flexibility index (Phi) is 5.49. The SMILES string of the molecule is Cc1ccc(S(=O)(=O)N2CCC(C(=O)N3CCCCC3)CC2)c(C)c1. The molecule has 2 aliphatic rings. The van der Waals surface area contributed by atoms with Crippen LogP contribution in [0.25, 0.3) is 0 Å². The summed E-state index contributed by atoms with van der Waals surface area (Å²) in [6.45, 7) is 6.38. The Morgan fingerprint density at radius 3 is 2.24 bits per heavy atom. The van der Waals surface area contributed by atoms with E-state index in [0.29, 0.717) is 30.8 Å². The third kappa shape index (κ3) is 3.90. The topological polar surface area (TPSA) is 57.7 Å². The van der Waals surface area contributed by atoms with Crippen molar-refractivity contribution in [2.45, 2.75) is 50.8 Å². The molecule has 0 N–H and O–H groups in total. The van der Waals surface area contributed by atoms with Crippen LogP contribution in [-0.4, -0.2) is 49.7 Å². The number of nitrogens with zero attached hydrogens (tertiary/aromatic N) is 2. The fourth-order valence-electron chi connectivity index (χ4n) is 3.94. The summed E-state index contributed by atoms with van der Waals surface area (Å²) in [6, 6.07) is 5.44. The number of aryl methyl sites for hydroxylation is 2. The van der Waals surface area contributed by atoms with Crippen LogP contribution in [0, 0.1) is 19.8 Å². The number of hydrogen-bond donors (Lipinski definition) is 0. The van der Waals surface area contributed by atoms with Gasteiger partial charge in [0.1, 0.15) is 0 Å². The van der Waals surface area contributed by atoms with E-state index in [0.717, 1.165) is 37.1 Å². The zero-order valence-electron chi connectivity index (χ0n) is 15.2. The maximum atomic E-state index is 12.9. The van der Waals surface area contributed by atoms with E-state index < -0.39 is 10.0 Å². The molecule has 25 heavy (non-hydrogen) atoms. The van der Waals surface area contributed by atoms with Crippen molar-refractivity contribution >= 4 is 15.9 Å². The van der Waals surface area contributed by atoms with Gasteiger partial charge in [0.2, 0.25) is 15.9 Å². The van der Waals surface area contributed by atoms with Gasteiger partial charge < -0.3 is 4.90 Å². The van der Waals surface area contributed by atoms with Crippen LogP contribution in [0.1, 0.15) is 43.2 Å². The van der Waals surface area contributed by atoms with E-state index in [1.165, 1.54) is 6.42 Å². The third-order valence-electron chi connectivity index (χ3n) is 5.42. The van der Waals surface area contributed by atoms with Crippen molar-refractivity contribution in [3.63, 3.8) is 0 Å². The molecule has 0 spiro atoms. The van der Waals surface area contributed by atoms with E-state index in [1.807, 2.05) is 30.9 Å². The molecule has 2 heterocycles. The number of piperidine rings is 2. The van der Waals surface area contributed by atoms with Crippen LogP contribution < -0.4 is 0 Å². The molecule has 6 heteroatoms. The fraction of sp³-hybridized carbons (Fsp3) is 0.632. The molecule has 3 rings (SSSR count). The summed E-state index contributed by atoms with van der Waals surface area (Å²) in [7, 11) is -3.48. The van der Waals surface area contributed by atoms with Gasteiger partial charge in [0.15, 0.2) is 0 Å². The van der Waals surface area contributed by atoms with E-state index in [2.05, 4.69) is 0 Å². The quantitative estimate of drug-likeness (QED) is 0.829. The molecule has 1 aromatic rings. The average molecular weight is 365 g/mol. The van der Waals surface area contributed by atoms with Crippen molar-refractivity contribution in [2.75, 3.05) is 26.2 Å². The molecule has 1 amide bonds. The number of carbonyl (C=O) groups is 1. The summed E-state index contributed by atoms with van der Waals surface area (Å²) in [6.07, 6.45) is 4.63. The number of sulfonamides is 1. The first-order valence-electron chi connectivity index (χ1n) is 9.26. The lowest BCUT2D eigenvalue weighted by atomic mass is 9.95. The highest BCUT2D eigenvalue weighted by molar-refractivity contribution is 7.89. The van der Waals surface area contributed by atoms with Crippen LogP contribution in [0.4, 0.5) is 0 Å². The van der Waals surface area contributed by atoms with Crippen LogP contribution in [0.3, 0.4) is 0 Å². The average Bonchev–Trinajstić information content (AvgIpc) is 2.61. The first kappa shape index (κ1) is 18.4. The second kappa shape index (κ2) is 7.46. The van der Waals surface area contributed by atoms with E-state index in [1.54, 1.807) is 10.4 Å². The summed E-state index contributed by atoms with van der Waals surface area (Å²) in [5, 5.41) is 0. The number of hydrogen-bond acceptors (Lipinski definition) is 3. The molecule has 138 valence electrons. The van der Waals surface area contributed by atoms with Gasteiger partial charge >= 0.3 is 0 Å². The highest BCUT2D eigenvalue weighted by Gasteiger charge is 2.34. The Labute approximate surface area is 151 Å². The summed E-state index contributed by atoms with van der Waals surface area (Å²) in [5.41, 5.74) is 1.84. The molecule has 0 aromatic heterocycles. The highest BCUT2D eigenvalue weighted by Crippen LogP contribution is 2.27. The molecule has 0 atom stereocenters. The monoisotopic (exact) mass is 364 g/mol. The summed E-state index contributed by atoms with van der Waals surface area (Å²) in [4.78, 5) is 15.0. The molecule has 2 fully saturated rings. The first-order chi connectivity index (χ1) is 11.9. The minimum Gasteiger partial charge on any atom is -0.342 e. The van der Waals surface area contributed by atoms with Gasteiger partial charge in [0.05, 0.1) is 4.90 Å². The Balaban J connectivity index is 1.66. The van der Waals surface area contributed by atoms with Crippen molar-refractivity contribution in [1.82, 2.24) is 9.21 Å². The molecular formula is C19H28N2O3S. The van der Waals surface area contributed by atoms with E-state index in [-0.39, 0.29) is 11.8 Å². The largest absolute Gasteiger partial charge is 0.342 e. The van der Waals surface area contributed by atoms with Crippen LogP contribution in [-0.2, 0) is 14.8 Å². The maximum Gasteiger partial charge on any atom is 0.243 e. The molecule has 1 aromatic carbocycles. The van der Waals surface area contributed by atoms with Crippen LogP contribution in [0.15, 0.2) is 23.1 Å². The van der Waals surface area contributed by atoms with Crippen molar-refractivity contribution in [1.29, 1.82) is 0 Å². The number of rotatable bonds is 3. The fourth-order valence-corrected chi connectivity index (χ4v) is 5.62. The van der Waals surface area contributed by atoms with Gasteiger partial charge in [-0.2, -0.15) is 4.31 Å². The lowest BCUT2D eigenvalue weighted by Crippen LogP contribution is -2.45. The summed E-state index contributed by atoms with van der Waals surface area (Å²) < 4.78 is 27.4. The van der Waals surface area contributed by atoms with Gasteiger partial charge in [-0.1, -0.05) is 17.7 Å². The zero-order chi connectivity index (χ0) is 18.0. The maximum absolute atomic E-state index is 12.9. The lowest BCUT2D eigenvalue weighted by molar-refractivity contribution is -0.137. The molecule has 0 unspecified atom stereocenters. The minimum atomic E-state index is -3.48. The molecule has 0 bridgehead atoms. The Hall–Kier alpha value is -1.40. The van der Waals surface area contributed by atoms with Gasteiger partial charge in [0.25, 0.3) is 0 Å². The van der Waals surface area contributed by atoms with Crippen molar-refractivity contribution in [3.05, 3.63) is 29.3 Å². The zero-order valence-corrected chi connectivity index (χ0v) is 16.0. The van der Waals surface area contributed by atoms with Gasteiger partial charge in [-0.3, -0.25) is 4.79 Å². The third-order valence-corrected chi connectivity index (χ3v) is 7.48. The molecule has 0 saturated carbocycles. The molecule has 0 radical (unpaired) electrons. The Bertz CT molecular complexity index is 731. The van der Waals surface area contributed by atoms with Gasteiger partial charge in [0, 0.05) is 32.1 Å². The normalized spacial score (nSPS) is 20.6. The van der Waals surface area contributed by atoms with Gasteiger partial charge in [-0.25, -0.2) is 8.42 Å². The predicted molar refractivity (Wildman–Crippen MR) is 97.8 cm³/mol. The molecule has 5 nitrogen and oxygen atoms in total. The molecular weight excluding hydrogens is 336 g/mol. The summed E-state index contributed by atoms with van der Waals surface area (Å²) >= 11 is 0. The second-order valence-electron chi connectivity index (χ2n) is 7.33. The molecule has 0 aliphatic carbocycles. The van der Waals surface area contributed by atoms with Crippen molar-refractivity contribution < 1.29 is 13.2 Å². The van der Waals surface area contributed by atoms with E-state index in [4.69, 9.17) is 0 Å². The Morgan fingerprint density at radius 2 is 1.64 bits per heavy atom. The molecule has 2 aliphatic heterocycles. The van der Waals surface area contributed by atoms with Crippen molar-refractivity contribution in [3.8, 4) is 0 Å². The van der Waals surface area contributed by atoms with Crippen LogP contribution in [0.2, 0.25) is 0 Å². The van der Waals surface area contributed by atoms with E-state index in [9.17, 15) is 13.2 Å². The van der Waals surface area contributed by atoms with Crippen LogP contribution >= 0.6 is 0 Å². The smallest absolute Gasteiger partial charge is 0.243 e. The Morgan fingerprint density at radius 1 is 1.00 bits per heavy atom. The van der Waals surface area contributed by atoms with Gasteiger partial charge in [-0.05, 0) is 57.6 Å². The number of amides is 1. The number of benzene rings is 1. The molecule has 2 saturated heterocycles.